The molecule has 0 N–H and O–H groups in total. The summed E-state index contributed by atoms with van der Waals surface area (Å²) in [6, 6.07) is 6.38. The monoisotopic (exact) mass is 157 g/mol. The van der Waals surface area contributed by atoms with Gasteiger partial charge in [0.05, 0.1) is 0 Å². The molecule has 2 rings (SSSR count). The van der Waals surface area contributed by atoms with Gasteiger partial charge in [-0.25, -0.2) is 0 Å². The maximum absolute atomic E-state index is 2.16. The molecule has 0 bridgehead atoms. The van der Waals surface area contributed by atoms with Crippen LogP contribution >= 0.6 is 0 Å². The Morgan fingerprint density at radius 3 is 2.58 bits per heavy atom. The Kier molecular flexibility index (Phi) is 3.15. The Morgan fingerprint density at radius 1 is 1.17 bits per heavy atom. The van der Waals surface area contributed by atoms with Gasteiger partial charge < -0.3 is 0 Å². The standard InChI is InChI=1S/C9H8B.C2H6/c1-7-3-2-4-9-8(7)5-6-10-9;1-2/h2-6H,1H3;1-2H3. The molecule has 0 unspecified atom stereocenters. The van der Waals surface area contributed by atoms with Crippen molar-refractivity contribution in [2.75, 3.05) is 0 Å². The summed E-state index contributed by atoms with van der Waals surface area (Å²) < 4.78 is 0. The first-order chi connectivity index (χ1) is 5.88. The molecule has 0 aromatic heterocycles. The van der Waals surface area contributed by atoms with Crippen LogP contribution in [0.2, 0.25) is 0 Å². The Hall–Kier alpha value is -0.975. The predicted molar refractivity (Wildman–Crippen MR) is 56.9 cm³/mol. The van der Waals surface area contributed by atoms with Gasteiger partial charge in [-0.15, -0.1) is 5.98 Å². The number of benzene rings is 1. The van der Waals surface area contributed by atoms with Crippen LogP contribution in [0.1, 0.15) is 25.0 Å². The van der Waals surface area contributed by atoms with Crippen molar-refractivity contribution in [2.24, 2.45) is 0 Å². The molecule has 0 aliphatic carbocycles. The molecule has 1 aliphatic heterocycles. The molecule has 12 heavy (non-hydrogen) atoms. The van der Waals surface area contributed by atoms with Crippen molar-refractivity contribution in [3.63, 3.8) is 0 Å². The van der Waals surface area contributed by atoms with Crippen molar-refractivity contribution in [2.45, 2.75) is 20.8 Å². The summed E-state index contributed by atoms with van der Waals surface area (Å²) in [6.07, 6.45) is 2.16. The largest absolute Gasteiger partial charge is 0.182 e. The molecule has 61 valence electrons. The number of hydrogen-bond acceptors (Lipinski definition) is 0. The van der Waals surface area contributed by atoms with Crippen LogP contribution in [0.3, 0.4) is 0 Å². The van der Waals surface area contributed by atoms with E-state index in [1.807, 2.05) is 13.8 Å². The number of fused-ring (bicyclic) bond motifs is 1. The third kappa shape index (κ3) is 1.61. The summed E-state index contributed by atoms with van der Waals surface area (Å²) in [5, 5.41) is 0. The predicted octanol–water partition coefficient (Wildman–Crippen LogP) is 2.34. The molecule has 1 aromatic carbocycles. The maximum atomic E-state index is 2.16. The molecule has 0 saturated carbocycles. The van der Waals surface area contributed by atoms with Gasteiger partial charge in [0, 0.05) is 0 Å². The molecule has 0 nitrogen and oxygen atoms in total. The minimum atomic E-state index is 1.35. The van der Waals surface area contributed by atoms with Crippen LogP contribution in [0.4, 0.5) is 0 Å². The summed E-state index contributed by atoms with van der Waals surface area (Å²) in [5.41, 5.74) is 4.09. The van der Waals surface area contributed by atoms with Crippen molar-refractivity contribution in [1.82, 2.24) is 0 Å². The molecular formula is C11H14B. The van der Waals surface area contributed by atoms with E-state index in [1.54, 1.807) is 0 Å². The lowest BCUT2D eigenvalue weighted by Crippen LogP contribution is -2.11. The highest BCUT2D eigenvalue weighted by Gasteiger charge is 2.05. The highest BCUT2D eigenvalue weighted by molar-refractivity contribution is 6.62. The third-order valence-electron chi connectivity index (χ3n) is 1.90. The normalized spacial score (nSPS) is 11.2. The van der Waals surface area contributed by atoms with E-state index in [-0.39, 0.29) is 0 Å². The van der Waals surface area contributed by atoms with Gasteiger partial charge in [-0.3, -0.25) is 0 Å². The average molecular weight is 157 g/mol. The smallest absolute Gasteiger partial charge is 0.116 e. The van der Waals surface area contributed by atoms with Gasteiger partial charge in [0.2, 0.25) is 0 Å². The second-order valence-corrected chi connectivity index (χ2v) is 2.60. The number of aryl methyl sites for hydroxylation is 1. The van der Waals surface area contributed by atoms with Crippen LogP contribution in [0.15, 0.2) is 24.2 Å². The van der Waals surface area contributed by atoms with Crippen molar-refractivity contribution in [3.05, 3.63) is 35.3 Å². The van der Waals surface area contributed by atoms with Gasteiger partial charge in [-0.2, -0.15) is 0 Å². The molecule has 0 amide bonds. The summed E-state index contributed by atoms with van der Waals surface area (Å²) in [6.45, 7) is 6.14. The number of hydrogen-bond donors (Lipinski definition) is 0. The average Bonchev–Trinajstić information content (AvgIpc) is 2.57. The van der Waals surface area contributed by atoms with E-state index in [9.17, 15) is 0 Å². The summed E-state index contributed by atoms with van der Waals surface area (Å²) >= 11 is 0. The molecule has 0 spiro atoms. The zero-order valence-corrected chi connectivity index (χ0v) is 7.96. The first-order valence-corrected chi connectivity index (χ1v) is 4.49. The Bertz CT molecular complexity index is 287. The van der Waals surface area contributed by atoms with E-state index in [0.717, 1.165) is 0 Å². The van der Waals surface area contributed by atoms with Gasteiger partial charge in [-0.05, 0) is 18.1 Å². The molecule has 1 heterocycles. The third-order valence-corrected chi connectivity index (χ3v) is 1.90. The Labute approximate surface area is 75.6 Å². The lowest BCUT2D eigenvalue weighted by Gasteiger charge is -2.00. The second-order valence-electron chi connectivity index (χ2n) is 2.60. The maximum Gasteiger partial charge on any atom is 0.182 e. The van der Waals surface area contributed by atoms with Crippen LogP contribution in [0, 0.1) is 6.92 Å². The molecule has 0 atom stereocenters. The van der Waals surface area contributed by atoms with E-state index >= 15 is 0 Å². The van der Waals surface area contributed by atoms with Crippen LogP contribution in [-0.4, -0.2) is 7.28 Å². The summed E-state index contributed by atoms with van der Waals surface area (Å²) in [7, 11) is 2.14. The molecule has 1 aromatic rings. The van der Waals surface area contributed by atoms with Crippen LogP contribution in [0.5, 0.6) is 0 Å². The zero-order chi connectivity index (χ0) is 8.97. The van der Waals surface area contributed by atoms with E-state index in [2.05, 4.69) is 44.5 Å². The summed E-state index contributed by atoms with van der Waals surface area (Å²) in [5.74, 6) is 2.09. The lowest BCUT2D eigenvalue weighted by atomic mass is 9.73. The van der Waals surface area contributed by atoms with Gasteiger partial charge in [0.1, 0.15) is 0 Å². The van der Waals surface area contributed by atoms with E-state index in [4.69, 9.17) is 0 Å². The lowest BCUT2D eigenvalue weighted by molar-refractivity contribution is 1.47. The highest BCUT2D eigenvalue weighted by Crippen LogP contribution is 2.10. The zero-order valence-electron chi connectivity index (χ0n) is 7.96. The van der Waals surface area contributed by atoms with Crippen LogP contribution < -0.4 is 5.46 Å². The molecular weight excluding hydrogens is 143 g/mol. The Morgan fingerprint density at radius 2 is 1.92 bits per heavy atom. The van der Waals surface area contributed by atoms with Gasteiger partial charge >= 0.3 is 0 Å². The first-order valence-electron chi connectivity index (χ1n) is 4.49. The second kappa shape index (κ2) is 4.15. The van der Waals surface area contributed by atoms with Crippen molar-refractivity contribution >= 4 is 18.8 Å². The van der Waals surface area contributed by atoms with Crippen molar-refractivity contribution in [1.29, 1.82) is 0 Å². The van der Waals surface area contributed by atoms with Crippen LogP contribution in [0.25, 0.3) is 6.08 Å². The fraction of sp³-hybridized carbons (Fsp3) is 0.273. The molecule has 0 fully saturated rings. The van der Waals surface area contributed by atoms with E-state index in [0.29, 0.717) is 0 Å². The molecule has 1 aliphatic rings. The minimum Gasteiger partial charge on any atom is -0.116 e. The molecule has 1 radical (unpaired) electrons. The Balaban J connectivity index is 0.000000336. The van der Waals surface area contributed by atoms with Gasteiger partial charge in [0.25, 0.3) is 0 Å². The minimum absolute atomic E-state index is 1.35. The van der Waals surface area contributed by atoms with Crippen LogP contribution in [-0.2, 0) is 0 Å². The van der Waals surface area contributed by atoms with Gasteiger partial charge in [-0.1, -0.05) is 43.6 Å². The first kappa shape index (κ1) is 9.12. The fourth-order valence-electron chi connectivity index (χ4n) is 1.32. The van der Waals surface area contributed by atoms with Gasteiger partial charge in [0.15, 0.2) is 7.28 Å². The molecule has 1 heteroatoms. The van der Waals surface area contributed by atoms with Crippen molar-refractivity contribution < 1.29 is 0 Å². The van der Waals surface area contributed by atoms with E-state index in [1.165, 1.54) is 16.6 Å². The SMILES string of the molecule is CC.Cc1cccc2c1C=C[B]2. The fourth-order valence-corrected chi connectivity index (χ4v) is 1.32. The number of rotatable bonds is 0. The molecule has 0 saturated heterocycles. The summed E-state index contributed by atoms with van der Waals surface area (Å²) in [4.78, 5) is 0. The topological polar surface area (TPSA) is 0 Å². The van der Waals surface area contributed by atoms with Crippen molar-refractivity contribution in [3.8, 4) is 0 Å². The van der Waals surface area contributed by atoms with E-state index < -0.39 is 0 Å². The quantitative estimate of drug-likeness (QED) is 0.507. The highest BCUT2D eigenvalue weighted by atomic mass is 14.0.